The minimum Gasteiger partial charge on any atom is -0.458 e. The average molecular weight is 481 g/mol. The van der Waals surface area contributed by atoms with Crippen molar-refractivity contribution in [3.05, 3.63) is 98.8 Å². The first-order valence-electron chi connectivity index (χ1n) is 12.1. The summed E-state index contributed by atoms with van der Waals surface area (Å²) in [7, 11) is 0. The van der Waals surface area contributed by atoms with E-state index in [2.05, 4.69) is 0 Å². The first-order valence-corrected chi connectivity index (χ1v) is 12.1. The summed E-state index contributed by atoms with van der Waals surface area (Å²) < 4.78 is 6.76. The van der Waals surface area contributed by atoms with E-state index in [9.17, 15) is 19.5 Å². The van der Waals surface area contributed by atoms with E-state index in [0.717, 1.165) is 22.0 Å². The molecule has 0 saturated heterocycles. The Labute approximate surface area is 207 Å². The van der Waals surface area contributed by atoms with Gasteiger partial charge in [0.2, 0.25) is 0 Å². The van der Waals surface area contributed by atoms with Gasteiger partial charge in [-0.15, -0.1) is 0 Å². The molecule has 180 valence electrons. The van der Waals surface area contributed by atoms with E-state index in [4.69, 9.17) is 9.72 Å². The number of nitrogens with zero attached hydrogens (tertiary/aromatic N) is 2. The number of aromatic nitrogens is 2. The lowest BCUT2D eigenvalue weighted by molar-refractivity contribution is -0.172. The van der Waals surface area contributed by atoms with E-state index in [0.29, 0.717) is 47.5 Å². The maximum Gasteiger partial charge on any atom is 0.343 e. The molecule has 0 unspecified atom stereocenters. The van der Waals surface area contributed by atoms with E-state index in [1.54, 1.807) is 17.6 Å². The van der Waals surface area contributed by atoms with Crippen molar-refractivity contribution >= 4 is 22.7 Å². The molecule has 6 rings (SSSR count). The van der Waals surface area contributed by atoms with Crippen LogP contribution in [0.2, 0.25) is 0 Å². The SMILES string of the molecule is CC[C@@]1(O)C(=O)OCc2c1cc1n(c2=O)Cc2cc3cc(CCC(=O)c4ccccc4)ccc3nc2-1. The van der Waals surface area contributed by atoms with Crippen LogP contribution in [-0.2, 0) is 34.7 Å². The van der Waals surface area contributed by atoms with Gasteiger partial charge in [-0.05, 0) is 42.7 Å². The van der Waals surface area contributed by atoms with Crippen LogP contribution in [0.4, 0.5) is 0 Å². The van der Waals surface area contributed by atoms with Crippen molar-refractivity contribution in [3.8, 4) is 11.4 Å². The number of pyridine rings is 2. The molecule has 0 fully saturated rings. The van der Waals surface area contributed by atoms with Gasteiger partial charge in [0.25, 0.3) is 5.56 Å². The molecule has 1 N–H and O–H groups in total. The summed E-state index contributed by atoms with van der Waals surface area (Å²) >= 11 is 0. The number of ketones is 1. The van der Waals surface area contributed by atoms with Gasteiger partial charge >= 0.3 is 5.97 Å². The highest BCUT2D eigenvalue weighted by Crippen LogP contribution is 2.38. The number of benzene rings is 2. The molecular formula is C29H24N2O5. The summed E-state index contributed by atoms with van der Waals surface area (Å²) in [6.45, 7) is 1.90. The number of carbonyl (C=O) groups excluding carboxylic acids is 2. The molecule has 2 aromatic carbocycles. The van der Waals surface area contributed by atoms with Crippen molar-refractivity contribution in [1.29, 1.82) is 0 Å². The number of ether oxygens (including phenoxy) is 1. The van der Waals surface area contributed by atoms with Crippen molar-refractivity contribution in [2.24, 2.45) is 0 Å². The van der Waals surface area contributed by atoms with Crippen LogP contribution < -0.4 is 5.56 Å². The monoisotopic (exact) mass is 480 g/mol. The number of hydrogen-bond donors (Lipinski definition) is 1. The normalized spacial score (nSPS) is 17.9. The van der Waals surface area contributed by atoms with Gasteiger partial charge in [-0.3, -0.25) is 9.59 Å². The quantitative estimate of drug-likeness (QED) is 0.303. The van der Waals surface area contributed by atoms with Gasteiger partial charge in [0.1, 0.15) is 6.61 Å². The van der Waals surface area contributed by atoms with Crippen LogP contribution in [0.3, 0.4) is 0 Å². The van der Waals surface area contributed by atoms with Gasteiger partial charge in [-0.25, -0.2) is 9.78 Å². The molecule has 0 bridgehead atoms. The van der Waals surface area contributed by atoms with Gasteiger partial charge in [0.15, 0.2) is 11.4 Å². The number of aliphatic hydroxyl groups is 1. The van der Waals surface area contributed by atoms with E-state index in [1.165, 1.54) is 0 Å². The lowest BCUT2D eigenvalue weighted by atomic mass is 9.86. The number of esters is 1. The second-order valence-corrected chi connectivity index (χ2v) is 9.42. The first kappa shape index (κ1) is 22.4. The molecule has 7 nitrogen and oxygen atoms in total. The van der Waals surface area contributed by atoms with Crippen molar-refractivity contribution in [3.63, 3.8) is 0 Å². The second-order valence-electron chi connectivity index (χ2n) is 9.42. The number of aryl methyl sites for hydroxylation is 1. The molecule has 0 spiro atoms. The fourth-order valence-corrected chi connectivity index (χ4v) is 5.22. The Morgan fingerprint density at radius 2 is 1.92 bits per heavy atom. The fourth-order valence-electron chi connectivity index (χ4n) is 5.22. The van der Waals surface area contributed by atoms with Crippen LogP contribution in [0, 0.1) is 0 Å². The third-order valence-corrected chi connectivity index (χ3v) is 7.31. The molecule has 36 heavy (non-hydrogen) atoms. The first-order chi connectivity index (χ1) is 17.4. The average Bonchev–Trinajstić information content (AvgIpc) is 3.26. The van der Waals surface area contributed by atoms with E-state index >= 15 is 0 Å². The van der Waals surface area contributed by atoms with Gasteiger partial charge in [-0.2, -0.15) is 0 Å². The molecule has 0 saturated carbocycles. The highest BCUT2D eigenvalue weighted by molar-refractivity contribution is 5.96. The summed E-state index contributed by atoms with van der Waals surface area (Å²) in [5.74, 6) is -0.624. The minimum atomic E-state index is -1.84. The van der Waals surface area contributed by atoms with Crippen molar-refractivity contribution < 1.29 is 19.4 Å². The standard InChI is InChI=1S/C29H24N2O5/c1-2-29(35)22-14-24-26-20(15-31(24)27(33)21(22)16-36-28(29)34)13-19-12-17(8-10-23(19)30-26)9-11-25(32)18-6-4-3-5-7-18/h3-8,10,12-14,35H,2,9,11,15-16H2,1H3/t29-/m0/s1. The summed E-state index contributed by atoms with van der Waals surface area (Å²) in [5, 5.41) is 11.9. The third kappa shape index (κ3) is 3.38. The molecule has 2 aliphatic rings. The smallest absolute Gasteiger partial charge is 0.343 e. The van der Waals surface area contributed by atoms with Crippen molar-refractivity contribution in [1.82, 2.24) is 9.55 Å². The second kappa shape index (κ2) is 8.24. The van der Waals surface area contributed by atoms with Gasteiger partial charge < -0.3 is 14.4 Å². The lowest BCUT2D eigenvalue weighted by Gasteiger charge is -2.31. The van der Waals surface area contributed by atoms with Gasteiger partial charge in [0, 0.05) is 28.5 Å². The largest absolute Gasteiger partial charge is 0.458 e. The molecule has 7 heteroatoms. The summed E-state index contributed by atoms with van der Waals surface area (Å²) in [6.07, 6.45) is 1.15. The van der Waals surface area contributed by atoms with Crippen molar-refractivity contribution in [2.45, 2.75) is 44.9 Å². The van der Waals surface area contributed by atoms with Crippen LogP contribution in [-0.4, -0.2) is 26.4 Å². The Morgan fingerprint density at radius 3 is 2.69 bits per heavy atom. The molecule has 0 amide bonds. The maximum absolute atomic E-state index is 13.3. The van der Waals surface area contributed by atoms with E-state index < -0.39 is 11.6 Å². The predicted molar refractivity (Wildman–Crippen MR) is 134 cm³/mol. The van der Waals surface area contributed by atoms with Gasteiger partial charge in [-0.1, -0.05) is 43.3 Å². The number of carbonyl (C=O) groups is 2. The Balaban J connectivity index is 1.35. The Kier molecular flexibility index (Phi) is 5.12. The zero-order chi connectivity index (χ0) is 25.0. The molecule has 1 atom stereocenters. The van der Waals surface area contributed by atoms with Crippen LogP contribution in [0.1, 0.15) is 52.4 Å². The van der Waals surface area contributed by atoms with Crippen LogP contribution in [0.5, 0.6) is 0 Å². The number of hydrogen-bond acceptors (Lipinski definition) is 6. The van der Waals surface area contributed by atoms with Gasteiger partial charge in [0.05, 0.1) is 29.0 Å². The van der Waals surface area contributed by atoms with Crippen molar-refractivity contribution in [2.75, 3.05) is 0 Å². The Hall–Kier alpha value is -4.10. The fraction of sp³-hybridized carbons (Fsp3) is 0.241. The third-order valence-electron chi connectivity index (χ3n) is 7.31. The highest BCUT2D eigenvalue weighted by atomic mass is 16.6. The van der Waals surface area contributed by atoms with Crippen LogP contribution >= 0.6 is 0 Å². The number of rotatable bonds is 5. The maximum atomic E-state index is 13.3. The zero-order valence-electron chi connectivity index (χ0n) is 19.8. The molecule has 0 radical (unpaired) electrons. The molecule has 4 aromatic rings. The van der Waals surface area contributed by atoms with Crippen LogP contribution in [0.25, 0.3) is 22.3 Å². The lowest BCUT2D eigenvalue weighted by Crippen LogP contribution is -2.44. The highest BCUT2D eigenvalue weighted by Gasteiger charge is 2.45. The molecular weight excluding hydrogens is 456 g/mol. The topological polar surface area (TPSA) is 98.5 Å². The summed E-state index contributed by atoms with van der Waals surface area (Å²) in [4.78, 5) is 43.0. The van der Waals surface area contributed by atoms with E-state index in [1.807, 2.05) is 54.6 Å². The Morgan fingerprint density at radius 1 is 1.11 bits per heavy atom. The van der Waals surface area contributed by atoms with E-state index in [-0.39, 0.29) is 24.4 Å². The number of Topliss-reactive ketones (excluding diaryl/α,β-unsaturated/α-hetero) is 1. The molecule has 2 aliphatic heterocycles. The van der Waals surface area contributed by atoms with Crippen LogP contribution in [0.15, 0.2) is 65.5 Å². The zero-order valence-corrected chi connectivity index (χ0v) is 19.8. The summed E-state index contributed by atoms with van der Waals surface area (Å²) in [6, 6.07) is 19.0. The molecule has 0 aliphatic carbocycles. The summed E-state index contributed by atoms with van der Waals surface area (Å²) in [5.41, 5.74) is 3.20. The number of fused-ring (bicyclic) bond motifs is 5. The Bertz CT molecular complexity index is 1620. The number of cyclic esters (lactones) is 1. The minimum absolute atomic E-state index is 0.106. The molecule has 2 aromatic heterocycles. The molecule has 4 heterocycles. The predicted octanol–water partition coefficient (Wildman–Crippen LogP) is 3.90.